The van der Waals surface area contributed by atoms with E-state index in [0.29, 0.717) is 27.5 Å². The first-order chi connectivity index (χ1) is 13.0. The summed E-state index contributed by atoms with van der Waals surface area (Å²) >= 11 is 2.72. The second kappa shape index (κ2) is 8.36. The van der Waals surface area contributed by atoms with Gasteiger partial charge in [0.05, 0.1) is 4.91 Å². The number of carbonyl (C=O) groups is 2. The number of carboxylic acids is 1. The number of carbonyl (C=O) groups excluding carboxylic acids is 1. The van der Waals surface area contributed by atoms with Crippen LogP contribution in [0.5, 0.6) is 5.75 Å². The molecule has 0 saturated carbocycles. The number of amides is 1. The van der Waals surface area contributed by atoms with Gasteiger partial charge in [0.25, 0.3) is 5.91 Å². The van der Waals surface area contributed by atoms with Gasteiger partial charge in [0.2, 0.25) is 5.13 Å². The second-order valence-electron chi connectivity index (χ2n) is 5.54. The molecule has 1 aliphatic rings. The van der Waals surface area contributed by atoms with Crippen LogP contribution in [0, 0.1) is 0 Å². The zero-order valence-electron chi connectivity index (χ0n) is 14.7. The van der Waals surface area contributed by atoms with Crippen LogP contribution in [0.3, 0.4) is 0 Å². The number of carboxylic acid groups (broad SMARTS) is 1. The van der Waals surface area contributed by atoms with E-state index in [1.807, 2.05) is 12.3 Å². The average molecular weight is 403 g/mol. The lowest BCUT2D eigenvalue weighted by molar-refractivity contribution is -0.144. The fourth-order valence-electron chi connectivity index (χ4n) is 2.27. The number of hydrogen-bond donors (Lipinski definition) is 1. The van der Waals surface area contributed by atoms with Crippen LogP contribution in [0.4, 0.5) is 5.13 Å². The van der Waals surface area contributed by atoms with Crippen LogP contribution < -0.4 is 4.74 Å². The molecule has 0 spiro atoms. The minimum absolute atomic E-state index is 0.0994. The van der Waals surface area contributed by atoms with Gasteiger partial charge in [-0.25, -0.2) is 9.78 Å². The predicted octanol–water partition coefficient (Wildman–Crippen LogP) is 3.62. The van der Waals surface area contributed by atoms with E-state index in [4.69, 9.17) is 9.84 Å². The van der Waals surface area contributed by atoms with Crippen molar-refractivity contribution < 1.29 is 19.4 Å². The van der Waals surface area contributed by atoms with Gasteiger partial charge in [-0.1, -0.05) is 12.1 Å². The number of nitrogens with zero attached hydrogens (tertiary/aromatic N) is 3. The highest BCUT2D eigenvalue weighted by molar-refractivity contribution is 8.18. The summed E-state index contributed by atoms with van der Waals surface area (Å²) in [6.45, 7) is 3.89. The fourth-order valence-corrected chi connectivity index (χ4v) is 3.88. The summed E-state index contributed by atoms with van der Waals surface area (Å²) in [6.07, 6.45) is 2.53. The standard InChI is InChI=1S/C18H17N3O4S2/c1-3-21-15(22)14(27-18(21)20-17-19-8-9-26-17)10-12-4-6-13(7-5-12)25-11(2)16(23)24/h4-11H,3H2,1-2H3,(H,23,24)/b14-10+,20-18+. The van der Waals surface area contributed by atoms with Crippen LogP contribution >= 0.6 is 23.1 Å². The monoisotopic (exact) mass is 403 g/mol. The molecule has 1 amide bonds. The lowest BCUT2D eigenvalue weighted by Crippen LogP contribution is -2.28. The van der Waals surface area contributed by atoms with Crippen molar-refractivity contribution in [2.24, 2.45) is 4.99 Å². The van der Waals surface area contributed by atoms with Crippen molar-refractivity contribution in [1.29, 1.82) is 0 Å². The molecule has 3 rings (SSSR count). The number of likely N-dealkylation sites (N-methyl/N-ethyl adjacent to an activating group) is 1. The van der Waals surface area contributed by atoms with Crippen LogP contribution in [0.25, 0.3) is 6.08 Å². The molecule has 1 aliphatic heterocycles. The minimum atomic E-state index is -1.03. The zero-order chi connectivity index (χ0) is 19.4. The molecule has 0 aliphatic carbocycles. The van der Waals surface area contributed by atoms with Crippen LogP contribution in [0.2, 0.25) is 0 Å². The maximum Gasteiger partial charge on any atom is 0.344 e. The van der Waals surface area contributed by atoms with E-state index in [-0.39, 0.29) is 5.91 Å². The molecule has 1 atom stereocenters. The van der Waals surface area contributed by atoms with Gasteiger partial charge in [-0.05, 0) is 49.4 Å². The smallest absolute Gasteiger partial charge is 0.344 e. The molecule has 140 valence electrons. The molecule has 1 aromatic carbocycles. The predicted molar refractivity (Wildman–Crippen MR) is 106 cm³/mol. The number of aliphatic imine (C=N–C) groups is 1. The Balaban J connectivity index is 1.78. The van der Waals surface area contributed by atoms with E-state index < -0.39 is 12.1 Å². The molecule has 0 radical (unpaired) electrons. The molecule has 9 heteroatoms. The average Bonchev–Trinajstić information content (AvgIpc) is 3.25. The van der Waals surface area contributed by atoms with E-state index in [1.165, 1.54) is 30.0 Å². The number of thiazole rings is 1. The molecular formula is C18H17N3O4S2. The molecule has 2 aromatic rings. The Morgan fingerprint density at radius 3 is 2.74 bits per heavy atom. The summed E-state index contributed by atoms with van der Waals surface area (Å²) < 4.78 is 5.31. The lowest BCUT2D eigenvalue weighted by atomic mass is 10.2. The normalized spacial score (nSPS) is 18.3. The zero-order valence-corrected chi connectivity index (χ0v) is 16.3. The summed E-state index contributed by atoms with van der Waals surface area (Å²) in [5.74, 6) is -0.669. The summed E-state index contributed by atoms with van der Waals surface area (Å²) in [7, 11) is 0. The summed E-state index contributed by atoms with van der Waals surface area (Å²) in [5.41, 5.74) is 0.813. The lowest BCUT2D eigenvalue weighted by Gasteiger charge is -2.11. The number of amidine groups is 1. The molecule has 2 heterocycles. The quantitative estimate of drug-likeness (QED) is 0.741. The molecule has 1 saturated heterocycles. The van der Waals surface area contributed by atoms with Gasteiger partial charge in [-0.15, -0.1) is 11.3 Å². The van der Waals surface area contributed by atoms with Crippen molar-refractivity contribution in [3.63, 3.8) is 0 Å². The fraction of sp³-hybridized carbons (Fsp3) is 0.222. The van der Waals surface area contributed by atoms with Gasteiger partial charge in [0.15, 0.2) is 11.3 Å². The molecule has 7 nitrogen and oxygen atoms in total. The number of hydrogen-bond acceptors (Lipinski definition) is 7. The summed E-state index contributed by atoms with van der Waals surface area (Å²) in [4.78, 5) is 34.2. The molecule has 1 fully saturated rings. The van der Waals surface area contributed by atoms with Gasteiger partial charge >= 0.3 is 5.97 Å². The van der Waals surface area contributed by atoms with Crippen LogP contribution in [-0.4, -0.2) is 44.7 Å². The van der Waals surface area contributed by atoms with E-state index in [1.54, 1.807) is 41.4 Å². The Bertz CT molecular complexity index is 892. The topological polar surface area (TPSA) is 92.1 Å². The summed E-state index contributed by atoms with van der Waals surface area (Å²) in [6, 6.07) is 6.91. The largest absolute Gasteiger partial charge is 0.479 e. The SMILES string of the molecule is CCN1C(=O)/C(=C\c2ccc(OC(C)C(=O)O)cc2)S/C1=N/c1nccs1. The Hall–Kier alpha value is -2.65. The molecule has 1 aromatic heterocycles. The highest BCUT2D eigenvalue weighted by Crippen LogP contribution is 2.34. The van der Waals surface area contributed by atoms with E-state index in [9.17, 15) is 9.59 Å². The second-order valence-corrected chi connectivity index (χ2v) is 7.42. The van der Waals surface area contributed by atoms with Crippen molar-refractivity contribution in [1.82, 2.24) is 9.88 Å². The first-order valence-corrected chi connectivity index (χ1v) is 9.86. The van der Waals surface area contributed by atoms with Gasteiger partial charge in [0, 0.05) is 18.1 Å². The Labute approximate surface area is 164 Å². The third-order valence-corrected chi connectivity index (χ3v) is 5.33. The van der Waals surface area contributed by atoms with Crippen LogP contribution in [0.15, 0.2) is 45.7 Å². The maximum atomic E-state index is 12.6. The third kappa shape index (κ3) is 4.55. The molecular weight excluding hydrogens is 386 g/mol. The number of rotatable bonds is 6. The summed E-state index contributed by atoms with van der Waals surface area (Å²) in [5, 5.41) is 11.9. The number of ether oxygens (including phenoxy) is 1. The van der Waals surface area contributed by atoms with E-state index in [0.717, 1.165) is 5.56 Å². The maximum absolute atomic E-state index is 12.6. The van der Waals surface area contributed by atoms with Crippen molar-refractivity contribution in [2.75, 3.05) is 6.54 Å². The van der Waals surface area contributed by atoms with Crippen molar-refractivity contribution in [3.8, 4) is 5.75 Å². The van der Waals surface area contributed by atoms with Gasteiger partial charge in [-0.3, -0.25) is 9.69 Å². The van der Waals surface area contributed by atoms with Crippen molar-refractivity contribution in [2.45, 2.75) is 20.0 Å². The molecule has 0 bridgehead atoms. The first-order valence-electron chi connectivity index (χ1n) is 8.17. The van der Waals surface area contributed by atoms with Crippen molar-refractivity contribution in [3.05, 3.63) is 46.3 Å². The van der Waals surface area contributed by atoms with Gasteiger partial charge in [0.1, 0.15) is 5.75 Å². The minimum Gasteiger partial charge on any atom is -0.479 e. The number of aromatic nitrogens is 1. The number of benzene rings is 1. The Morgan fingerprint density at radius 2 is 2.15 bits per heavy atom. The van der Waals surface area contributed by atoms with Crippen molar-refractivity contribution >= 4 is 51.4 Å². The van der Waals surface area contributed by atoms with E-state index in [2.05, 4.69) is 9.98 Å². The highest BCUT2D eigenvalue weighted by atomic mass is 32.2. The van der Waals surface area contributed by atoms with Gasteiger partial charge < -0.3 is 9.84 Å². The third-order valence-electron chi connectivity index (χ3n) is 3.65. The molecule has 1 unspecified atom stereocenters. The van der Waals surface area contributed by atoms with Crippen LogP contribution in [-0.2, 0) is 9.59 Å². The highest BCUT2D eigenvalue weighted by Gasteiger charge is 2.32. The molecule has 1 N–H and O–H groups in total. The molecule has 27 heavy (non-hydrogen) atoms. The van der Waals surface area contributed by atoms with E-state index >= 15 is 0 Å². The van der Waals surface area contributed by atoms with Gasteiger partial charge in [-0.2, -0.15) is 4.99 Å². The van der Waals surface area contributed by atoms with Crippen LogP contribution in [0.1, 0.15) is 19.4 Å². The Morgan fingerprint density at radius 1 is 1.41 bits per heavy atom. The Kier molecular flexibility index (Phi) is 5.92. The first kappa shape index (κ1) is 19.1. The number of thioether (sulfide) groups is 1. The number of aliphatic carboxylic acids is 1.